The number of epoxide rings is 2. The largest absolute Gasteiger partial charge is 0.386 e. The maximum Gasteiger partial charge on any atom is 0.272 e. The van der Waals surface area contributed by atoms with E-state index < -0.39 is 0 Å². The Morgan fingerprint density at radius 1 is 1.11 bits per heavy atom. The van der Waals surface area contributed by atoms with Gasteiger partial charge in [0.05, 0.1) is 36.8 Å². The fourth-order valence-corrected chi connectivity index (χ4v) is 4.02. The van der Waals surface area contributed by atoms with Crippen LogP contribution in [0.15, 0.2) is 53.1 Å². The van der Waals surface area contributed by atoms with Gasteiger partial charge < -0.3 is 46.0 Å². The summed E-state index contributed by atoms with van der Waals surface area (Å²) in [5, 5.41) is 17.3. The maximum absolute atomic E-state index is 12.8. The molecule has 38 heavy (non-hydrogen) atoms. The van der Waals surface area contributed by atoms with Crippen LogP contribution in [0.4, 0.5) is 11.4 Å². The third-order valence-corrected chi connectivity index (χ3v) is 6.17. The summed E-state index contributed by atoms with van der Waals surface area (Å²) in [6.07, 6.45) is 10.2. The van der Waals surface area contributed by atoms with Gasteiger partial charge in [-0.15, -0.1) is 0 Å². The van der Waals surface area contributed by atoms with E-state index in [2.05, 4.69) is 35.8 Å². The minimum absolute atomic E-state index is 0.221. The van der Waals surface area contributed by atoms with Crippen molar-refractivity contribution in [3.8, 4) is 6.19 Å². The number of H-pyrrole nitrogens is 2. The van der Waals surface area contributed by atoms with E-state index in [4.69, 9.17) is 20.5 Å². The van der Waals surface area contributed by atoms with Gasteiger partial charge in [-0.25, -0.2) is 0 Å². The smallest absolute Gasteiger partial charge is 0.272 e. The molecular formula is C25H29N9O4. The molecule has 1 aliphatic carbocycles. The van der Waals surface area contributed by atoms with Gasteiger partial charge in [-0.3, -0.25) is 9.59 Å². The number of aromatic amines is 2. The number of hydrogen-bond acceptors (Lipinski definition) is 8. The van der Waals surface area contributed by atoms with Gasteiger partial charge in [0.15, 0.2) is 0 Å². The SMILES string of the molecule is N#CN=C(N)CCNC1=CCC(NC(=O)c2cc(NC(=O)c3cc(N(CC4CO4)CC4CO4)c[nH]3)c[nH]2)=C1. The standard InChI is InChI=1S/C25H29N9O4/c26-14-31-23(27)3-4-28-15-1-2-16(5-15)32-24(35)21-6-17(8-29-21)33-25(36)22-7-18(9-30-22)34(10-19-12-37-19)11-20-13-38-20/h1,5-9,19-20,28-30H,2-4,10-13H2,(H2,27,31)(H,32,35)(H,33,36). The van der Waals surface area contributed by atoms with E-state index in [9.17, 15) is 9.59 Å². The number of carbonyl (C=O) groups excluding carboxylic acids is 2. The van der Waals surface area contributed by atoms with Crippen LogP contribution < -0.4 is 26.6 Å². The Morgan fingerprint density at radius 2 is 1.79 bits per heavy atom. The van der Waals surface area contributed by atoms with Crippen molar-refractivity contribution in [1.82, 2.24) is 20.6 Å². The number of ether oxygens (including phenoxy) is 2. The molecule has 13 heteroatoms. The number of aromatic nitrogens is 2. The van der Waals surface area contributed by atoms with Crippen LogP contribution in [0.5, 0.6) is 0 Å². The molecule has 0 aromatic carbocycles. The average Bonchev–Trinajstić information content (AvgIpc) is 3.72. The Labute approximate surface area is 218 Å². The number of nitrogens with two attached hydrogens (primary N) is 1. The molecule has 0 bridgehead atoms. The molecule has 2 aromatic rings. The van der Waals surface area contributed by atoms with E-state index in [1.165, 1.54) is 0 Å². The van der Waals surface area contributed by atoms with Crippen LogP contribution in [-0.2, 0) is 9.47 Å². The topological polar surface area (TPSA) is 192 Å². The molecular weight excluding hydrogens is 490 g/mol. The first-order valence-electron chi connectivity index (χ1n) is 12.3. The number of amidine groups is 1. The highest BCUT2D eigenvalue weighted by molar-refractivity contribution is 6.04. The number of amides is 2. The molecule has 7 N–H and O–H groups in total. The molecule has 2 amide bonds. The third kappa shape index (κ3) is 6.81. The van der Waals surface area contributed by atoms with Crippen molar-refractivity contribution in [2.45, 2.75) is 25.0 Å². The van der Waals surface area contributed by atoms with E-state index >= 15 is 0 Å². The molecule has 2 atom stereocenters. The minimum Gasteiger partial charge on any atom is -0.386 e. The summed E-state index contributed by atoms with van der Waals surface area (Å²) in [5.41, 5.74) is 9.28. The molecule has 2 unspecified atom stereocenters. The number of rotatable bonds is 13. The first-order chi connectivity index (χ1) is 18.5. The third-order valence-electron chi connectivity index (χ3n) is 6.17. The Kier molecular flexibility index (Phi) is 7.43. The molecule has 0 radical (unpaired) electrons. The monoisotopic (exact) mass is 519 g/mol. The van der Waals surface area contributed by atoms with Crippen LogP contribution in [0.25, 0.3) is 0 Å². The van der Waals surface area contributed by atoms with Gasteiger partial charge in [0, 0.05) is 56.3 Å². The van der Waals surface area contributed by atoms with Crippen molar-refractivity contribution in [3.05, 3.63) is 59.5 Å². The lowest BCUT2D eigenvalue weighted by molar-refractivity contribution is 0.0959. The van der Waals surface area contributed by atoms with Crippen molar-refractivity contribution in [2.75, 3.05) is 43.1 Å². The highest BCUT2D eigenvalue weighted by atomic mass is 16.6. The fraction of sp³-hybridized carbons (Fsp3) is 0.360. The molecule has 3 aliphatic rings. The number of carbonyl (C=O) groups is 2. The highest BCUT2D eigenvalue weighted by Crippen LogP contribution is 2.24. The van der Waals surface area contributed by atoms with Crippen LogP contribution in [0, 0.1) is 11.5 Å². The van der Waals surface area contributed by atoms with Crippen LogP contribution in [-0.4, -0.2) is 72.7 Å². The van der Waals surface area contributed by atoms with Crippen LogP contribution in [0.1, 0.15) is 33.8 Å². The number of nitriles is 1. The zero-order chi connectivity index (χ0) is 26.5. The minimum atomic E-state index is -0.320. The first kappa shape index (κ1) is 25.1. The van der Waals surface area contributed by atoms with E-state index in [-0.39, 0.29) is 29.9 Å². The summed E-state index contributed by atoms with van der Waals surface area (Å²) >= 11 is 0. The predicted octanol–water partition coefficient (Wildman–Crippen LogP) is 0.918. The second-order valence-corrected chi connectivity index (χ2v) is 9.21. The molecule has 0 spiro atoms. The Bertz CT molecular complexity index is 1310. The first-order valence-corrected chi connectivity index (χ1v) is 12.3. The average molecular weight is 520 g/mol. The second-order valence-electron chi connectivity index (χ2n) is 9.21. The second kappa shape index (κ2) is 11.2. The van der Waals surface area contributed by atoms with Crippen molar-refractivity contribution in [3.63, 3.8) is 0 Å². The van der Waals surface area contributed by atoms with Crippen LogP contribution in [0.2, 0.25) is 0 Å². The molecule has 0 saturated carbocycles. The highest BCUT2D eigenvalue weighted by Gasteiger charge is 2.31. The van der Waals surface area contributed by atoms with Gasteiger partial charge in [0.1, 0.15) is 17.2 Å². The van der Waals surface area contributed by atoms with Crippen LogP contribution in [0.3, 0.4) is 0 Å². The number of allylic oxidation sites excluding steroid dienone is 2. The van der Waals surface area contributed by atoms with E-state index in [1.807, 2.05) is 12.2 Å². The Hall–Kier alpha value is -4.54. The normalized spacial score (nSPS) is 19.7. The van der Waals surface area contributed by atoms with Crippen LogP contribution >= 0.6 is 0 Å². The number of nitrogens with one attached hydrogen (secondary N) is 5. The summed E-state index contributed by atoms with van der Waals surface area (Å²) in [6, 6.07) is 3.38. The van der Waals surface area contributed by atoms with Gasteiger partial charge in [0.25, 0.3) is 11.8 Å². The summed E-state index contributed by atoms with van der Waals surface area (Å²) < 4.78 is 10.7. The number of nitrogens with zero attached hydrogens (tertiary/aromatic N) is 3. The lowest BCUT2D eigenvalue weighted by atomic mass is 10.3. The number of anilines is 2. The van der Waals surface area contributed by atoms with E-state index in [0.717, 1.165) is 43.4 Å². The summed E-state index contributed by atoms with van der Waals surface area (Å²) in [6.45, 7) is 3.54. The molecule has 2 aromatic heterocycles. The molecule has 2 aliphatic heterocycles. The maximum atomic E-state index is 12.8. The molecule has 2 fully saturated rings. The van der Waals surface area contributed by atoms with E-state index in [0.29, 0.717) is 36.5 Å². The molecule has 13 nitrogen and oxygen atoms in total. The van der Waals surface area contributed by atoms with Crippen molar-refractivity contribution >= 4 is 29.0 Å². The quantitative estimate of drug-likeness (QED) is 0.0973. The lowest BCUT2D eigenvalue weighted by Gasteiger charge is -2.21. The van der Waals surface area contributed by atoms with Gasteiger partial charge >= 0.3 is 0 Å². The summed E-state index contributed by atoms with van der Waals surface area (Å²) in [7, 11) is 0. The lowest BCUT2D eigenvalue weighted by Crippen LogP contribution is -2.31. The molecule has 4 heterocycles. The van der Waals surface area contributed by atoms with Crippen molar-refractivity contribution in [2.24, 2.45) is 10.7 Å². The summed E-state index contributed by atoms with van der Waals surface area (Å²) in [4.78, 5) is 37.0. The molecule has 198 valence electrons. The van der Waals surface area contributed by atoms with Gasteiger partial charge in [0.2, 0.25) is 6.19 Å². The Balaban J connectivity index is 1.11. The molecule has 2 saturated heterocycles. The molecule has 5 rings (SSSR count). The van der Waals surface area contributed by atoms with Gasteiger partial charge in [-0.1, -0.05) is 6.08 Å². The van der Waals surface area contributed by atoms with Crippen molar-refractivity contribution < 1.29 is 19.1 Å². The van der Waals surface area contributed by atoms with Crippen molar-refractivity contribution in [1.29, 1.82) is 5.26 Å². The van der Waals surface area contributed by atoms with Gasteiger partial charge in [-0.05, 0) is 18.2 Å². The Morgan fingerprint density at radius 3 is 2.50 bits per heavy atom. The predicted molar refractivity (Wildman–Crippen MR) is 139 cm³/mol. The van der Waals surface area contributed by atoms with E-state index in [1.54, 1.807) is 30.7 Å². The zero-order valence-corrected chi connectivity index (χ0v) is 20.6. The summed E-state index contributed by atoms with van der Waals surface area (Å²) in [5.74, 6) is -0.373. The number of aliphatic imine (C=N–C) groups is 1. The zero-order valence-electron chi connectivity index (χ0n) is 20.6. The van der Waals surface area contributed by atoms with Gasteiger partial charge in [-0.2, -0.15) is 10.3 Å². The number of hydrogen-bond donors (Lipinski definition) is 6. The fourth-order valence-electron chi connectivity index (χ4n) is 4.02.